The predicted molar refractivity (Wildman–Crippen MR) is 68.2 cm³/mol. The Morgan fingerprint density at radius 1 is 1.44 bits per heavy atom. The number of halogens is 1. The van der Waals surface area contributed by atoms with Crippen molar-refractivity contribution in [3.05, 3.63) is 53.0 Å². The van der Waals surface area contributed by atoms with Crippen LogP contribution in [-0.2, 0) is 0 Å². The lowest BCUT2D eigenvalue weighted by Crippen LogP contribution is -2.29. The molecule has 0 saturated carbocycles. The Labute approximate surface area is 103 Å². The fraction of sp³-hybridized carbons (Fsp3) is 0.250. The molecule has 2 rings (SSSR count). The van der Waals surface area contributed by atoms with E-state index in [2.05, 4.69) is 33.0 Å². The number of imidazole rings is 1. The third kappa shape index (κ3) is 2.33. The van der Waals surface area contributed by atoms with Crippen molar-refractivity contribution in [3.8, 4) is 0 Å². The van der Waals surface area contributed by atoms with Gasteiger partial charge in [0.2, 0.25) is 0 Å². The molecule has 2 atom stereocenters. The summed E-state index contributed by atoms with van der Waals surface area (Å²) in [4.78, 5) is 4.07. The van der Waals surface area contributed by atoms with E-state index in [1.54, 1.807) is 12.5 Å². The van der Waals surface area contributed by atoms with E-state index in [4.69, 9.17) is 5.73 Å². The number of hydrogen-bond donors (Lipinski definition) is 1. The molecule has 4 heteroatoms. The summed E-state index contributed by atoms with van der Waals surface area (Å²) in [5.74, 6) is 0. The topological polar surface area (TPSA) is 43.8 Å². The Kier molecular flexibility index (Phi) is 3.41. The first kappa shape index (κ1) is 11.4. The van der Waals surface area contributed by atoms with Gasteiger partial charge in [0, 0.05) is 22.9 Å². The molecule has 0 aliphatic carbocycles. The largest absolute Gasteiger partial charge is 0.328 e. The zero-order valence-corrected chi connectivity index (χ0v) is 10.6. The van der Waals surface area contributed by atoms with Gasteiger partial charge in [-0.25, -0.2) is 4.98 Å². The van der Waals surface area contributed by atoms with Crippen LogP contribution in [-0.4, -0.2) is 15.6 Å². The molecule has 2 aromatic rings. The van der Waals surface area contributed by atoms with Gasteiger partial charge < -0.3 is 10.3 Å². The molecule has 3 nitrogen and oxygen atoms in total. The highest BCUT2D eigenvalue weighted by Crippen LogP contribution is 2.23. The van der Waals surface area contributed by atoms with E-state index >= 15 is 0 Å². The highest BCUT2D eigenvalue weighted by molar-refractivity contribution is 9.10. The van der Waals surface area contributed by atoms with Gasteiger partial charge in [0.1, 0.15) is 0 Å². The highest BCUT2D eigenvalue weighted by atomic mass is 79.9. The van der Waals surface area contributed by atoms with E-state index in [0.29, 0.717) is 0 Å². The normalized spacial score (nSPS) is 14.7. The molecule has 2 unspecified atom stereocenters. The first-order valence-electron chi connectivity index (χ1n) is 5.17. The summed E-state index contributed by atoms with van der Waals surface area (Å²) in [5, 5.41) is 0. The molecule has 0 aliphatic rings. The van der Waals surface area contributed by atoms with Crippen molar-refractivity contribution < 1.29 is 0 Å². The maximum absolute atomic E-state index is 6.05. The van der Waals surface area contributed by atoms with Crippen molar-refractivity contribution in [2.75, 3.05) is 0 Å². The molecular weight excluding hydrogens is 266 g/mol. The van der Waals surface area contributed by atoms with Crippen molar-refractivity contribution in [2.24, 2.45) is 5.73 Å². The average Bonchev–Trinajstić information content (AvgIpc) is 2.71. The highest BCUT2D eigenvalue weighted by Gasteiger charge is 2.17. The van der Waals surface area contributed by atoms with Crippen LogP contribution in [0, 0.1) is 0 Å². The lowest BCUT2D eigenvalue weighted by molar-refractivity contribution is 0.496. The van der Waals surface area contributed by atoms with Crippen molar-refractivity contribution in [1.29, 1.82) is 0 Å². The maximum atomic E-state index is 6.05. The lowest BCUT2D eigenvalue weighted by Gasteiger charge is -2.22. The molecule has 1 aromatic carbocycles. The summed E-state index contributed by atoms with van der Waals surface area (Å²) in [7, 11) is 0. The second-order valence-electron chi connectivity index (χ2n) is 3.87. The number of aromatic nitrogens is 2. The van der Waals surface area contributed by atoms with Crippen LogP contribution >= 0.6 is 15.9 Å². The number of nitrogens with zero attached hydrogens (tertiary/aromatic N) is 2. The van der Waals surface area contributed by atoms with Crippen LogP contribution in [0.2, 0.25) is 0 Å². The molecule has 84 valence electrons. The molecule has 16 heavy (non-hydrogen) atoms. The molecule has 0 fully saturated rings. The van der Waals surface area contributed by atoms with E-state index in [0.717, 1.165) is 4.47 Å². The maximum Gasteiger partial charge on any atom is 0.0952 e. The summed E-state index contributed by atoms with van der Waals surface area (Å²) in [6.07, 6.45) is 5.51. The average molecular weight is 280 g/mol. The summed E-state index contributed by atoms with van der Waals surface area (Å²) in [5.41, 5.74) is 7.23. The fourth-order valence-corrected chi connectivity index (χ4v) is 2.29. The smallest absolute Gasteiger partial charge is 0.0952 e. The number of benzene rings is 1. The summed E-state index contributed by atoms with van der Waals surface area (Å²) in [6, 6.07) is 8.36. The molecule has 0 saturated heterocycles. The molecule has 0 bridgehead atoms. The molecule has 1 aromatic heterocycles. The van der Waals surface area contributed by atoms with E-state index in [-0.39, 0.29) is 12.1 Å². The third-order valence-electron chi connectivity index (χ3n) is 2.53. The van der Waals surface area contributed by atoms with Gasteiger partial charge in [-0.1, -0.05) is 28.1 Å². The molecule has 0 amide bonds. The van der Waals surface area contributed by atoms with Gasteiger partial charge in [-0.3, -0.25) is 0 Å². The van der Waals surface area contributed by atoms with Crippen LogP contribution in [0.25, 0.3) is 0 Å². The van der Waals surface area contributed by atoms with Gasteiger partial charge in [-0.2, -0.15) is 0 Å². The summed E-state index contributed by atoms with van der Waals surface area (Å²) >= 11 is 3.48. The Balaban J connectivity index is 2.41. The monoisotopic (exact) mass is 279 g/mol. The van der Waals surface area contributed by atoms with Crippen LogP contribution in [0.1, 0.15) is 18.5 Å². The standard InChI is InChI=1S/C12H14BrN3/c1-9(14)12(16-6-5-15-8-16)10-3-2-4-11(13)7-10/h2-9,12H,14H2,1H3. The second kappa shape index (κ2) is 4.80. The first-order valence-corrected chi connectivity index (χ1v) is 5.96. The van der Waals surface area contributed by atoms with E-state index < -0.39 is 0 Å². The van der Waals surface area contributed by atoms with Crippen molar-refractivity contribution >= 4 is 15.9 Å². The minimum atomic E-state index is 0.0310. The van der Waals surface area contributed by atoms with Gasteiger partial charge in [0.15, 0.2) is 0 Å². The zero-order chi connectivity index (χ0) is 11.5. The quantitative estimate of drug-likeness (QED) is 0.939. The minimum absolute atomic E-state index is 0.0310. The van der Waals surface area contributed by atoms with Crippen molar-refractivity contribution in [2.45, 2.75) is 19.0 Å². The summed E-state index contributed by atoms with van der Waals surface area (Å²) < 4.78 is 3.10. The first-order chi connectivity index (χ1) is 7.68. The van der Waals surface area contributed by atoms with Gasteiger partial charge >= 0.3 is 0 Å². The molecule has 2 N–H and O–H groups in total. The lowest BCUT2D eigenvalue weighted by atomic mass is 10.0. The van der Waals surface area contributed by atoms with E-state index in [1.807, 2.05) is 29.8 Å². The molecule has 0 spiro atoms. The fourth-order valence-electron chi connectivity index (χ4n) is 1.87. The van der Waals surface area contributed by atoms with Gasteiger partial charge in [-0.15, -0.1) is 0 Å². The second-order valence-corrected chi connectivity index (χ2v) is 4.78. The zero-order valence-electron chi connectivity index (χ0n) is 9.05. The number of rotatable bonds is 3. The van der Waals surface area contributed by atoms with Crippen LogP contribution in [0.3, 0.4) is 0 Å². The van der Waals surface area contributed by atoms with Crippen LogP contribution < -0.4 is 5.73 Å². The third-order valence-corrected chi connectivity index (χ3v) is 3.03. The van der Waals surface area contributed by atoms with Crippen molar-refractivity contribution in [3.63, 3.8) is 0 Å². The Morgan fingerprint density at radius 3 is 2.81 bits per heavy atom. The summed E-state index contributed by atoms with van der Waals surface area (Å²) in [6.45, 7) is 2.01. The molecular formula is C12H14BrN3. The van der Waals surface area contributed by atoms with E-state index in [9.17, 15) is 0 Å². The number of hydrogen-bond acceptors (Lipinski definition) is 2. The SMILES string of the molecule is CC(N)C(c1cccc(Br)c1)n1ccnc1. The molecule has 0 radical (unpaired) electrons. The Morgan fingerprint density at radius 2 is 2.25 bits per heavy atom. The molecule has 0 aliphatic heterocycles. The minimum Gasteiger partial charge on any atom is -0.328 e. The van der Waals surface area contributed by atoms with E-state index in [1.165, 1.54) is 5.56 Å². The molecule has 1 heterocycles. The van der Waals surface area contributed by atoms with Crippen LogP contribution in [0.5, 0.6) is 0 Å². The van der Waals surface area contributed by atoms with Crippen LogP contribution in [0.4, 0.5) is 0 Å². The van der Waals surface area contributed by atoms with Gasteiger partial charge in [-0.05, 0) is 24.6 Å². The number of nitrogens with two attached hydrogens (primary N) is 1. The predicted octanol–water partition coefficient (Wildman–Crippen LogP) is 2.58. The van der Waals surface area contributed by atoms with Gasteiger partial charge in [0.05, 0.1) is 12.4 Å². The Hall–Kier alpha value is -1.13. The van der Waals surface area contributed by atoms with Gasteiger partial charge in [0.25, 0.3) is 0 Å². The Bertz CT molecular complexity index is 451. The van der Waals surface area contributed by atoms with Crippen molar-refractivity contribution in [1.82, 2.24) is 9.55 Å². The van der Waals surface area contributed by atoms with Crippen LogP contribution in [0.15, 0.2) is 47.5 Å².